The van der Waals surface area contributed by atoms with Gasteiger partial charge in [-0.15, -0.1) is 0 Å². The van der Waals surface area contributed by atoms with Gasteiger partial charge in [-0.05, 0) is 37.8 Å². The molecule has 0 aromatic heterocycles. The van der Waals surface area contributed by atoms with E-state index in [4.69, 9.17) is 10.2 Å². The summed E-state index contributed by atoms with van der Waals surface area (Å²) in [6.45, 7) is 4.13. The Kier molecular flexibility index (Phi) is 3.98. The number of aliphatic hydroxyl groups is 2. The maximum absolute atomic E-state index is 9.01. The summed E-state index contributed by atoms with van der Waals surface area (Å²) in [7, 11) is 0. The molecule has 1 rings (SSSR count). The maximum Gasteiger partial charge on any atom is 0.0546 e. The van der Waals surface area contributed by atoms with Gasteiger partial charge in [0, 0.05) is 6.61 Å². The fourth-order valence-electron chi connectivity index (χ4n) is 1.47. The Morgan fingerprint density at radius 1 is 1.50 bits per heavy atom. The van der Waals surface area contributed by atoms with Crippen molar-refractivity contribution in [3.8, 4) is 0 Å². The molecule has 3 heteroatoms. The van der Waals surface area contributed by atoms with Crippen LogP contribution in [0.3, 0.4) is 0 Å². The van der Waals surface area contributed by atoms with E-state index in [1.807, 2.05) is 6.92 Å². The van der Waals surface area contributed by atoms with Crippen LogP contribution in [0.2, 0.25) is 0 Å². The molecule has 0 amide bonds. The summed E-state index contributed by atoms with van der Waals surface area (Å²) in [5.74, 6) is 1.00. The van der Waals surface area contributed by atoms with Crippen LogP contribution in [0.15, 0.2) is 0 Å². The second-order valence-electron chi connectivity index (χ2n) is 3.94. The molecule has 0 aromatic rings. The van der Waals surface area contributed by atoms with E-state index >= 15 is 0 Å². The van der Waals surface area contributed by atoms with Crippen LogP contribution < -0.4 is 5.32 Å². The van der Waals surface area contributed by atoms with E-state index in [9.17, 15) is 0 Å². The van der Waals surface area contributed by atoms with Gasteiger partial charge in [0.15, 0.2) is 0 Å². The lowest BCUT2D eigenvalue weighted by Crippen LogP contribution is -2.37. The van der Waals surface area contributed by atoms with Crippen LogP contribution in [0.25, 0.3) is 0 Å². The molecular weight excluding hydrogens is 154 g/mol. The molecule has 1 aliphatic rings. The first-order valence-electron chi connectivity index (χ1n) is 4.72. The van der Waals surface area contributed by atoms with Gasteiger partial charge >= 0.3 is 0 Å². The van der Waals surface area contributed by atoms with Gasteiger partial charge < -0.3 is 15.5 Å². The number of nitrogens with one attached hydrogen (secondary N) is 1. The van der Waals surface area contributed by atoms with E-state index in [1.54, 1.807) is 0 Å². The fraction of sp³-hybridized carbons (Fsp3) is 1.00. The van der Waals surface area contributed by atoms with Crippen molar-refractivity contribution in [1.29, 1.82) is 0 Å². The Balaban J connectivity index is 1.89. The number of rotatable bonds is 5. The van der Waals surface area contributed by atoms with Crippen LogP contribution in [0, 0.1) is 11.8 Å². The Hall–Kier alpha value is -0.120. The molecule has 0 aliphatic heterocycles. The van der Waals surface area contributed by atoms with Crippen molar-refractivity contribution in [2.24, 2.45) is 11.8 Å². The highest BCUT2D eigenvalue weighted by Crippen LogP contribution is 2.25. The molecule has 3 N–H and O–H groups in total. The van der Waals surface area contributed by atoms with Crippen molar-refractivity contribution in [3.05, 3.63) is 0 Å². The van der Waals surface area contributed by atoms with E-state index in [0.717, 1.165) is 25.9 Å². The minimum absolute atomic E-state index is 0.0490. The van der Waals surface area contributed by atoms with Crippen LogP contribution in [0.1, 0.15) is 19.8 Å². The Morgan fingerprint density at radius 3 is 2.67 bits per heavy atom. The third-order valence-corrected chi connectivity index (χ3v) is 2.45. The average Bonchev–Trinajstić information content (AvgIpc) is 2.01. The fourth-order valence-corrected chi connectivity index (χ4v) is 1.47. The van der Waals surface area contributed by atoms with E-state index < -0.39 is 0 Å². The van der Waals surface area contributed by atoms with Crippen molar-refractivity contribution in [1.82, 2.24) is 5.32 Å². The smallest absolute Gasteiger partial charge is 0.0546 e. The highest BCUT2D eigenvalue weighted by molar-refractivity contribution is 4.80. The molecule has 0 aromatic carbocycles. The lowest BCUT2D eigenvalue weighted by Gasteiger charge is -2.31. The van der Waals surface area contributed by atoms with Gasteiger partial charge in [-0.2, -0.15) is 0 Å². The molecule has 0 heterocycles. The Bertz CT molecular complexity index is 124. The Labute approximate surface area is 73.8 Å². The molecule has 1 fully saturated rings. The van der Waals surface area contributed by atoms with Gasteiger partial charge in [0.2, 0.25) is 0 Å². The molecule has 1 atom stereocenters. The van der Waals surface area contributed by atoms with Crippen molar-refractivity contribution < 1.29 is 10.2 Å². The third kappa shape index (κ3) is 3.09. The first kappa shape index (κ1) is 9.96. The van der Waals surface area contributed by atoms with Crippen molar-refractivity contribution >= 4 is 0 Å². The van der Waals surface area contributed by atoms with E-state index in [-0.39, 0.29) is 12.7 Å². The molecule has 72 valence electrons. The molecule has 0 radical (unpaired) electrons. The third-order valence-electron chi connectivity index (χ3n) is 2.45. The van der Waals surface area contributed by atoms with E-state index in [1.165, 1.54) is 0 Å². The molecule has 0 bridgehead atoms. The zero-order valence-corrected chi connectivity index (χ0v) is 7.66. The molecule has 1 saturated carbocycles. The van der Waals surface area contributed by atoms with Gasteiger partial charge in [-0.1, -0.05) is 6.92 Å². The molecule has 0 spiro atoms. The summed E-state index contributed by atoms with van der Waals surface area (Å²) in [6.07, 6.45) is 1.84. The highest BCUT2D eigenvalue weighted by atomic mass is 16.3. The monoisotopic (exact) mass is 173 g/mol. The van der Waals surface area contributed by atoms with E-state index in [2.05, 4.69) is 5.32 Å². The SMILES string of the molecule is CC(CO)CNCC1CC(O)C1. The Morgan fingerprint density at radius 2 is 2.17 bits per heavy atom. The van der Waals surface area contributed by atoms with Crippen molar-refractivity contribution in [2.45, 2.75) is 25.9 Å². The van der Waals surface area contributed by atoms with Crippen LogP contribution in [-0.2, 0) is 0 Å². The van der Waals surface area contributed by atoms with Gasteiger partial charge in [0.25, 0.3) is 0 Å². The van der Waals surface area contributed by atoms with Crippen LogP contribution in [0.4, 0.5) is 0 Å². The molecule has 1 aliphatic carbocycles. The number of hydrogen-bond acceptors (Lipinski definition) is 3. The predicted molar refractivity (Wildman–Crippen MR) is 47.9 cm³/mol. The minimum Gasteiger partial charge on any atom is -0.396 e. The van der Waals surface area contributed by atoms with E-state index in [0.29, 0.717) is 11.8 Å². The van der Waals surface area contributed by atoms with Crippen molar-refractivity contribution in [3.63, 3.8) is 0 Å². The molecule has 3 nitrogen and oxygen atoms in total. The van der Waals surface area contributed by atoms with Crippen LogP contribution in [0.5, 0.6) is 0 Å². The first-order valence-corrected chi connectivity index (χ1v) is 4.72. The molecule has 1 unspecified atom stereocenters. The summed E-state index contributed by atoms with van der Waals surface area (Å²) in [6, 6.07) is 0. The normalized spacial score (nSPS) is 31.2. The first-order chi connectivity index (χ1) is 5.72. The highest BCUT2D eigenvalue weighted by Gasteiger charge is 2.26. The van der Waals surface area contributed by atoms with Crippen LogP contribution in [-0.4, -0.2) is 36.0 Å². The standard InChI is InChI=1S/C9H19NO2/c1-7(6-11)4-10-5-8-2-9(12)3-8/h7-12H,2-6H2,1H3. The molecule has 0 saturated heterocycles. The predicted octanol–water partition coefficient (Wildman–Crippen LogP) is -0.0247. The zero-order valence-electron chi connectivity index (χ0n) is 7.66. The van der Waals surface area contributed by atoms with Crippen LogP contribution >= 0.6 is 0 Å². The summed E-state index contributed by atoms with van der Waals surface area (Å²) in [5, 5.41) is 21.0. The molecular formula is C9H19NO2. The second kappa shape index (κ2) is 4.80. The summed E-state index contributed by atoms with van der Waals surface area (Å²) in [4.78, 5) is 0. The average molecular weight is 173 g/mol. The summed E-state index contributed by atoms with van der Waals surface area (Å²) in [5.41, 5.74) is 0. The lowest BCUT2D eigenvalue weighted by molar-refractivity contribution is 0.0425. The maximum atomic E-state index is 9.01. The topological polar surface area (TPSA) is 52.5 Å². The van der Waals surface area contributed by atoms with Crippen molar-refractivity contribution in [2.75, 3.05) is 19.7 Å². The number of aliphatic hydroxyl groups excluding tert-OH is 2. The van der Waals surface area contributed by atoms with Gasteiger partial charge in [-0.3, -0.25) is 0 Å². The summed E-state index contributed by atoms with van der Waals surface area (Å²) >= 11 is 0. The van der Waals surface area contributed by atoms with Gasteiger partial charge in [-0.25, -0.2) is 0 Å². The minimum atomic E-state index is -0.0490. The largest absolute Gasteiger partial charge is 0.396 e. The second-order valence-corrected chi connectivity index (χ2v) is 3.94. The number of hydrogen-bond donors (Lipinski definition) is 3. The lowest BCUT2D eigenvalue weighted by atomic mass is 9.82. The van der Waals surface area contributed by atoms with Gasteiger partial charge in [0.1, 0.15) is 0 Å². The quantitative estimate of drug-likeness (QED) is 0.547. The zero-order chi connectivity index (χ0) is 8.97. The summed E-state index contributed by atoms with van der Waals surface area (Å²) < 4.78 is 0. The van der Waals surface area contributed by atoms with Gasteiger partial charge in [0.05, 0.1) is 6.10 Å². The molecule has 12 heavy (non-hydrogen) atoms.